The summed E-state index contributed by atoms with van der Waals surface area (Å²) in [5.41, 5.74) is 0. The molecule has 1 saturated heterocycles. The lowest BCUT2D eigenvalue weighted by molar-refractivity contribution is -0.302. The predicted octanol–water partition coefficient (Wildman–Crippen LogP) is 13.1. The molecule has 11 nitrogen and oxygen atoms in total. The van der Waals surface area contributed by atoms with Gasteiger partial charge in [0, 0.05) is 12.8 Å². The highest BCUT2D eigenvalue weighted by Crippen LogP contribution is 2.23. The first-order chi connectivity index (χ1) is 34.2. The molecule has 0 spiro atoms. The standard InChI is InChI=1S/C59H109NO10/c1-3-5-7-9-11-13-14-23-27-31-35-39-43-47-55(64)68-48-44-40-36-32-28-25-22-20-18-16-15-17-19-21-24-26-30-34-38-42-46-54(63)60-51(52(62)45-41-37-33-29-12-10-8-6-4-2)50-69-59-58(67)57(66)56(65)53(49-61)70-59/h13-15,17,41,45,51-53,56-59,61-62,65-67H,3-12,16,18-40,42-44,46-50H2,1-2H3,(H,60,63)/b14-13-,17-15-,45-41+. The van der Waals surface area contributed by atoms with Gasteiger partial charge in [0.05, 0.1) is 32.0 Å². The smallest absolute Gasteiger partial charge is 0.305 e. The lowest BCUT2D eigenvalue weighted by Crippen LogP contribution is -2.60. The zero-order valence-electron chi connectivity index (χ0n) is 45.0. The van der Waals surface area contributed by atoms with E-state index in [1.165, 1.54) is 161 Å². The summed E-state index contributed by atoms with van der Waals surface area (Å²) in [4.78, 5) is 25.0. The Morgan fingerprint density at radius 3 is 1.39 bits per heavy atom. The molecule has 0 aromatic heterocycles. The molecule has 0 aromatic carbocycles. The Labute approximate surface area is 428 Å². The van der Waals surface area contributed by atoms with Crippen molar-refractivity contribution in [1.82, 2.24) is 5.32 Å². The average molecular weight is 993 g/mol. The van der Waals surface area contributed by atoms with E-state index in [4.69, 9.17) is 14.2 Å². The maximum absolute atomic E-state index is 13.0. The molecule has 0 bridgehead atoms. The minimum Gasteiger partial charge on any atom is -0.466 e. The number of unbranched alkanes of at least 4 members (excludes halogenated alkanes) is 32. The van der Waals surface area contributed by atoms with Crippen molar-refractivity contribution in [3.8, 4) is 0 Å². The lowest BCUT2D eigenvalue weighted by atomic mass is 9.99. The molecule has 1 amide bonds. The van der Waals surface area contributed by atoms with Crippen molar-refractivity contribution in [3.05, 3.63) is 36.5 Å². The molecule has 1 fully saturated rings. The largest absolute Gasteiger partial charge is 0.466 e. The first kappa shape index (κ1) is 65.9. The van der Waals surface area contributed by atoms with E-state index < -0.39 is 49.5 Å². The summed E-state index contributed by atoms with van der Waals surface area (Å²) in [5, 5.41) is 54.2. The molecule has 70 heavy (non-hydrogen) atoms. The summed E-state index contributed by atoms with van der Waals surface area (Å²) in [5.74, 6) is -0.211. The van der Waals surface area contributed by atoms with Crippen molar-refractivity contribution in [2.45, 2.75) is 307 Å². The van der Waals surface area contributed by atoms with Gasteiger partial charge in [-0.1, -0.05) is 204 Å². The Hall–Kier alpha value is -2.12. The summed E-state index contributed by atoms with van der Waals surface area (Å²) in [6.07, 6.45) is 49.6. The normalized spacial score (nSPS) is 19.4. The number of amides is 1. The van der Waals surface area contributed by atoms with Crippen LogP contribution in [0, 0.1) is 0 Å². The van der Waals surface area contributed by atoms with E-state index in [0.717, 1.165) is 77.0 Å². The maximum atomic E-state index is 13.0. The number of aliphatic hydroxyl groups is 5. The Bertz CT molecular complexity index is 1260. The number of ether oxygens (including phenoxy) is 3. The highest BCUT2D eigenvalue weighted by atomic mass is 16.7. The molecule has 0 aromatic rings. The highest BCUT2D eigenvalue weighted by Gasteiger charge is 2.44. The van der Waals surface area contributed by atoms with E-state index in [1.54, 1.807) is 6.08 Å². The number of carbonyl (C=O) groups excluding carboxylic acids is 2. The Morgan fingerprint density at radius 1 is 0.514 bits per heavy atom. The summed E-state index contributed by atoms with van der Waals surface area (Å²) in [7, 11) is 0. The van der Waals surface area contributed by atoms with Gasteiger partial charge >= 0.3 is 5.97 Å². The molecule has 1 rings (SSSR count). The van der Waals surface area contributed by atoms with Gasteiger partial charge in [-0.2, -0.15) is 0 Å². The summed E-state index contributed by atoms with van der Waals surface area (Å²) < 4.78 is 16.7. The maximum Gasteiger partial charge on any atom is 0.305 e. The van der Waals surface area contributed by atoms with Crippen molar-refractivity contribution in [1.29, 1.82) is 0 Å². The first-order valence-electron chi connectivity index (χ1n) is 29.3. The molecule has 7 atom stereocenters. The Kier molecular flexibility index (Phi) is 46.2. The molecule has 0 radical (unpaired) electrons. The number of esters is 1. The lowest BCUT2D eigenvalue weighted by Gasteiger charge is -2.40. The van der Waals surface area contributed by atoms with E-state index in [1.807, 2.05) is 6.08 Å². The van der Waals surface area contributed by atoms with Crippen LogP contribution in [0.3, 0.4) is 0 Å². The third kappa shape index (κ3) is 38.5. The van der Waals surface area contributed by atoms with Crippen LogP contribution in [0.25, 0.3) is 0 Å². The van der Waals surface area contributed by atoms with Gasteiger partial charge in [0.15, 0.2) is 6.29 Å². The zero-order chi connectivity index (χ0) is 51.0. The second-order valence-electron chi connectivity index (χ2n) is 20.3. The predicted molar refractivity (Wildman–Crippen MR) is 287 cm³/mol. The monoisotopic (exact) mass is 992 g/mol. The number of allylic oxidation sites excluding steroid dienone is 5. The molecular weight excluding hydrogens is 883 g/mol. The molecule has 1 aliphatic heterocycles. The van der Waals surface area contributed by atoms with Crippen LogP contribution in [0.2, 0.25) is 0 Å². The van der Waals surface area contributed by atoms with Crippen LogP contribution in [0.1, 0.15) is 264 Å². The number of hydrogen-bond donors (Lipinski definition) is 6. The summed E-state index contributed by atoms with van der Waals surface area (Å²) >= 11 is 0. The Balaban J connectivity index is 2.04. The summed E-state index contributed by atoms with van der Waals surface area (Å²) in [6, 6.07) is -0.815. The van der Waals surface area contributed by atoms with E-state index in [0.29, 0.717) is 19.4 Å². The average Bonchev–Trinajstić information content (AvgIpc) is 3.36. The second kappa shape index (κ2) is 49.1. The molecule has 1 heterocycles. The minimum atomic E-state index is -1.57. The van der Waals surface area contributed by atoms with Crippen molar-refractivity contribution in [2.75, 3.05) is 19.8 Å². The summed E-state index contributed by atoms with van der Waals surface area (Å²) in [6.45, 7) is 4.28. The van der Waals surface area contributed by atoms with Crippen LogP contribution in [0.15, 0.2) is 36.5 Å². The van der Waals surface area contributed by atoms with Crippen LogP contribution >= 0.6 is 0 Å². The highest BCUT2D eigenvalue weighted by molar-refractivity contribution is 5.76. The molecule has 11 heteroatoms. The SMILES string of the molecule is CCCCCC/C=C\CCCCCCCC(=O)OCCCCCCCCCCC/C=C\CCCCCCCCCC(=O)NC(COC1OC(CO)C(O)C(O)C1O)C(O)/C=C/CCCCCCCCC. The van der Waals surface area contributed by atoms with Gasteiger partial charge in [-0.05, 0) is 83.5 Å². The van der Waals surface area contributed by atoms with Gasteiger partial charge in [0.2, 0.25) is 5.91 Å². The third-order valence-electron chi connectivity index (χ3n) is 13.7. The van der Waals surface area contributed by atoms with Crippen molar-refractivity contribution < 1.29 is 49.3 Å². The molecule has 410 valence electrons. The van der Waals surface area contributed by atoms with Gasteiger partial charge in [-0.15, -0.1) is 0 Å². The number of nitrogens with one attached hydrogen (secondary N) is 1. The first-order valence-corrected chi connectivity index (χ1v) is 29.3. The van der Waals surface area contributed by atoms with Gasteiger partial charge in [0.25, 0.3) is 0 Å². The van der Waals surface area contributed by atoms with E-state index >= 15 is 0 Å². The third-order valence-corrected chi connectivity index (χ3v) is 13.7. The van der Waals surface area contributed by atoms with Crippen LogP contribution in [-0.2, 0) is 23.8 Å². The van der Waals surface area contributed by atoms with Crippen LogP contribution in [0.4, 0.5) is 0 Å². The molecule has 0 aliphatic carbocycles. The minimum absolute atomic E-state index is 0.0175. The number of hydrogen-bond acceptors (Lipinski definition) is 10. The van der Waals surface area contributed by atoms with Gasteiger partial charge in [-0.25, -0.2) is 0 Å². The fraction of sp³-hybridized carbons (Fsp3) is 0.864. The Morgan fingerprint density at radius 2 is 0.914 bits per heavy atom. The van der Waals surface area contributed by atoms with Crippen LogP contribution < -0.4 is 5.32 Å². The van der Waals surface area contributed by atoms with Crippen molar-refractivity contribution in [2.24, 2.45) is 0 Å². The van der Waals surface area contributed by atoms with Gasteiger partial charge in [0.1, 0.15) is 24.4 Å². The van der Waals surface area contributed by atoms with Crippen LogP contribution in [-0.4, -0.2) is 100 Å². The second-order valence-corrected chi connectivity index (χ2v) is 20.3. The van der Waals surface area contributed by atoms with Gasteiger partial charge in [-0.3, -0.25) is 9.59 Å². The zero-order valence-corrected chi connectivity index (χ0v) is 45.0. The molecule has 0 saturated carbocycles. The molecule has 6 N–H and O–H groups in total. The topological polar surface area (TPSA) is 175 Å². The quantitative estimate of drug-likeness (QED) is 0.0195. The molecule has 7 unspecified atom stereocenters. The fourth-order valence-corrected chi connectivity index (χ4v) is 9.01. The molecule has 1 aliphatic rings. The van der Waals surface area contributed by atoms with E-state index in [2.05, 4.69) is 43.5 Å². The number of rotatable bonds is 50. The van der Waals surface area contributed by atoms with E-state index in [9.17, 15) is 35.1 Å². The van der Waals surface area contributed by atoms with Crippen molar-refractivity contribution in [3.63, 3.8) is 0 Å². The van der Waals surface area contributed by atoms with E-state index in [-0.39, 0.29) is 18.5 Å². The van der Waals surface area contributed by atoms with Crippen molar-refractivity contribution >= 4 is 11.9 Å². The number of aliphatic hydroxyl groups excluding tert-OH is 5. The fourth-order valence-electron chi connectivity index (χ4n) is 9.01. The number of carbonyl (C=O) groups is 2. The van der Waals surface area contributed by atoms with Crippen LogP contribution in [0.5, 0.6) is 0 Å². The molecular formula is C59H109NO10. The van der Waals surface area contributed by atoms with Gasteiger partial charge < -0.3 is 45.1 Å².